The highest BCUT2D eigenvalue weighted by atomic mass is 31.2. The molecule has 8 nitrogen and oxygen atoms in total. The van der Waals surface area contributed by atoms with Crippen LogP contribution in [0, 0.1) is 0 Å². The first-order chi connectivity index (χ1) is 14.3. The number of alkyl carbamates (subject to hydrolysis) is 1. The summed E-state index contributed by atoms with van der Waals surface area (Å²) in [4.78, 5) is 24.0. The molecule has 0 spiro atoms. The van der Waals surface area contributed by atoms with Crippen LogP contribution >= 0.6 is 8.53 Å². The summed E-state index contributed by atoms with van der Waals surface area (Å²) in [6.45, 7) is 15.2. The van der Waals surface area contributed by atoms with Gasteiger partial charge in [-0.05, 0) is 61.0 Å². The van der Waals surface area contributed by atoms with E-state index in [0.29, 0.717) is 6.61 Å². The normalized spacial score (nSPS) is 15.1. The third kappa shape index (κ3) is 9.95. The van der Waals surface area contributed by atoms with Gasteiger partial charge in [0.2, 0.25) is 0 Å². The second-order valence-corrected chi connectivity index (χ2v) is 10.2. The van der Waals surface area contributed by atoms with Crippen LogP contribution in [0.2, 0.25) is 0 Å². The fourth-order valence-corrected chi connectivity index (χ4v) is 4.57. The molecule has 0 aliphatic carbocycles. The third-order valence-electron chi connectivity index (χ3n) is 4.10. The van der Waals surface area contributed by atoms with Crippen molar-refractivity contribution >= 4 is 20.6 Å². The lowest BCUT2D eigenvalue weighted by atomic mass is 10.2. The monoisotopic (exact) mass is 456 g/mol. The Balaban J connectivity index is 2.99. The van der Waals surface area contributed by atoms with E-state index < -0.39 is 38.3 Å². The quantitative estimate of drug-likeness (QED) is 0.456. The second-order valence-electron chi connectivity index (χ2n) is 8.84. The average molecular weight is 457 g/mol. The van der Waals surface area contributed by atoms with Crippen molar-refractivity contribution in [1.82, 2.24) is 9.99 Å². The van der Waals surface area contributed by atoms with Crippen molar-refractivity contribution in [3.8, 4) is 0 Å². The summed E-state index contributed by atoms with van der Waals surface area (Å²) < 4.78 is 19.5. The molecule has 1 unspecified atom stereocenters. The Morgan fingerprint density at radius 1 is 1.06 bits per heavy atom. The van der Waals surface area contributed by atoms with Gasteiger partial charge in [0.15, 0.2) is 6.04 Å². The number of hydrogen-bond acceptors (Lipinski definition) is 6. The van der Waals surface area contributed by atoms with E-state index in [9.17, 15) is 14.7 Å². The summed E-state index contributed by atoms with van der Waals surface area (Å²) in [5, 5.41) is 12.1. The van der Waals surface area contributed by atoms with Gasteiger partial charge in [-0.25, -0.2) is 14.3 Å². The van der Waals surface area contributed by atoms with Crippen molar-refractivity contribution in [3.05, 3.63) is 35.9 Å². The minimum atomic E-state index is -1.60. The van der Waals surface area contributed by atoms with Crippen molar-refractivity contribution in [1.29, 1.82) is 0 Å². The van der Waals surface area contributed by atoms with Crippen molar-refractivity contribution in [2.75, 3.05) is 0 Å². The number of ether oxygens (including phenoxy) is 1. The summed E-state index contributed by atoms with van der Waals surface area (Å²) in [5.74, 6) is -1.21. The molecule has 0 heterocycles. The van der Waals surface area contributed by atoms with Gasteiger partial charge in [0.05, 0.1) is 12.7 Å². The summed E-state index contributed by atoms with van der Waals surface area (Å²) in [5.41, 5.74) is 0.245. The Morgan fingerprint density at radius 2 is 1.61 bits per heavy atom. The lowest BCUT2D eigenvalue weighted by Gasteiger charge is -2.37. The number of carboxylic acid groups (broad SMARTS) is 1. The first-order valence-electron chi connectivity index (χ1n) is 10.5. The number of rotatable bonds is 11. The Labute approximate surface area is 187 Å². The minimum absolute atomic E-state index is 0.108. The standard InChI is InChI=1S/C22H37N2O6P/c1-15(2)24(16(3)4)31(28-14-18-12-10-9-11-13-18)30-17(5)19(20(25)26)23-21(27)29-22(6,7)8/h9-13,15-17,19H,14H2,1-8H3,(H,23,27)(H,25,26)/t17-,19+,31?/m1/s1. The number of aliphatic carboxylic acids is 1. The topological polar surface area (TPSA) is 97.3 Å². The largest absolute Gasteiger partial charge is 0.480 e. The zero-order valence-corrected chi connectivity index (χ0v) is 20.7. The summed E-state index contributed by atoms with van der Waals surface area (Å²) in [6, 6.07) is 8.62. The molecule has 31 heavy (non-hydrogen) atoms. The number of hydrogen-bond donors (Lipinski definition) is 2. The predicted octanol–water partition coefficient (Wildman–Crippen LogP) is 4.93. The first kappa shape index (κ1) is 27.3. The smallest absolute Gasteiger partial charge is 0.408 e. The van der Waals surface area contributed by atoms with Crippen LogP contribution in [-0.4, -0.2) is 51.7 Å². The molecule has 0 aliphatic heterocycles. The molecule has 9 heteroatoms. The highest BCUT2D eigenvalue weighted by Crippen LogP contribution is 2.48. The maximum absolute atomic E-state index is 12.1. The molecule has 0 aliphatic rings. The van der Waals surface area contributed by atoms with E-state index in [4.69, 9.17) is 13.8 Å². The molecule has 1 aromatic rings. The predicted molar refractivity (Wildman–Crippen MR) is 122 cm³/mol. The van der Waals surface area contributed by atoms with Gasteiger partial charge in [0, 0.05) is 12.1 Å². The van der Waals surface area contributed by atoms with E-state index in [2.05, 4.69) is 9.99 Å². The number of benzene rings is 1. The van der Waals surface area contributed by atoms with Crippen LogP contribution in [0.3, 0.4) is 0 Å². The van der Waals surface area contributed by atoms with Crippen LogP contribution < -0.4 is 5.32 Å². The molecular formula is C22H37N2O6P. The highest BCUT2D eigenvalue weighted by Gasteiger charge is 2.35. The molecule has 0 saturated heterocycles. The molecule has 0 fully saturated rings. The van der Waals surface area contributed by atoms with Gasteiger partial charge in [-0.2, -0.15) is 0 Å². The van der Waals surface area contributed by atoms with Crippen molar-refractivity contribution in [3.63, 3.8) is 0 Å². The van der Waals surface area contributed by atoms with Gasteiger partial charge < -0.3 is 24.2 Å². The molecule has 0 bridgehead atoms. The second kappa shape index (κ2) is 12.3. The number of nitrogens with zero attached hydrogens (tertiary/aromatic N) is 1. The highest BCUT2D eigenvalue weighted by molar-refractivity contribution is 7.44. The third-order valence-corrected chi connectivity index (χ3v) is 6.26. The summed E-state index contributed by atoms with van der Waals surface area (Å²) in [7, 11) is -1.60. The Morgan fingerprint density at radius 3 is 2.06 bits per heavy atom. The van der Waals surface area contributed by atoms with Gasteiger partial charge in [0.25, 0.3) is 8.53 Å². The molecule has 176 valence electrons. The van der Waals surface area contributed by atoms with E-state index >= 15 is 0 Å². The van der Waals surface area contributed by atoms with Crippen LogP contribution in [0.1, 0.15) is 61.0 Å². The lowest BCUT2D eigenvalue weighted by molar-refractivity contribution is -0.141. The molecule has 3 atom stereocenters. The van der Waals surface area contributed by atoms with Crippen molar-refractivity contribution in [2.45, 2.75) is 91.8 Å². The van der Waals surface area contributed by atoms with Gasteiger partial charge in [-0.1, -0.05) is 30.3 Å². The number of carboxylic acids is 1. The van der Waals surface area contributed by atoms with E-state index in [1.54, 1.807) is 27.7 Å². The summed E-state index contributed by atoms with van der Waals surface area (Å²) in [6.07, 6.45) is -1.67. The Bertz CT molecular complexity index is 685. The van der Waals surface area contributed by atoms with Crippen LogP contribution in [0.15, 0.2) is 30.3 Å². The molecule has 0 aromatic heterocycles. The minimum Gasteiger partial charge on any atom is -0.480 e. The molecule has 2 N–H and O–H groups in total. The number of carbonyl (C=O) groups excluding carboxylic acids is 1. The van der Waals surface area contributed by atoms with Crippen LogP contribution in [0.4, 0.5) is 4.79 Å². The SMILES string of the molecule is CC(C)N(C(C)C)P(OCc1ccccc1)O[C@H](C)[C@H](NC(=O)OC(C)(C)C)C(=O)O. The maximum Gasteiger partial charge on any atom is 0.408 e. The fraction of sp³-hybridized carbons (Fsp3) is 0.636. The lowest BCUT2D eigenvalue weighted by Crippen LogP contribution is -2.50. The zero-order valence-electron chi connectivity index (χ0n) is 19.8. The van der Waals surface area contributed by atoms with Crippen molar-refractivity contribution < 1.29 is 28.5 Å². The van der Waals surface area contributed by atoms with Crippen molar-refractivity contribution in [2.24, 2.45) is 0 Å². The van der Waals surface area contributed by atoms with E-state index in [-0.39, 0.29) is 12.1 Å². The summed E-state index contributed by atoms with van der Waals surface area (Å²) >= 11 is 0. The number of carbonyl (C=O) groups is 2. The molecule has 0 radical (unpaired) electrons. The maximum atomic E-state index is 12.1. The number of nitrogens with one attached hydrogen (secondary N) is 1. The van der Waals surface area contributed by atoms with E-state index in [0.717, 1.165) is 5.56 Å². The Hall–Kier alpha value is -1.73. The van der Waals surface area contributed by atoms with Crippen LogP contribution in [0.25, 0.3) is 0 Å². The fourth-order valence-electron chi connectivity index (χ4n) is 2.85. The molecule has 1 aromatic carbocycles. The molecular weight excluding hydrogens is 419 g/mol. The molecule has 1 rings (SSSR count). The van der Waals surface area contributed by atoms with Crippen LogP contribution in [0.5, 0.6) is 0 Å². The van der Waals surface area contributed by atoms with Gasteiger partial charge in [-0.15, -0.1) is 0 Å². The first-order valence-corrected chi connectivity index (χ1v) is 11.6. The van der Waals surface area contributed by atoms with E-state index in [1.807, 2.05) is 58.0 Å². The van der Waals surface area contributed by atoms with Gasteiger partial charge >= 0.3 is 12.1 Å². The number of amides is 1. The Kier molecular flexibility index (Phi) is 10.9. The molecule has 1 amide bonds. The van der Waals surface area contributed by atoms with Gasteiger partial charge in [0.1, 0.15) is 5.60 Å². The van der Waals surface area contributed by atoms with E-state index in [1.165, 1.54) is 0 Å². The molecule has 0 saturated carbocycles. The zero-order chi connectivity index (χ0) is 23.8. The average Bonchev–Trinajstić information content (AvgIpc) is 2.62. The van der Waals surface area contributed by atoms with Gasteiger partial charge in [-0.3, -0.25) is 0 Å². The van der Waals surface area contributed by atoms with Crippen LogP contribution in [-0.2, 0) is 25.2 Å².